The topological polar surface area (TPSA) is 72.6 Å². The Morgan fingerprint density at radius 2 is 2.04 bits per heavy atom. The zero-order valence-corrected chi connectivity index (χ0v) is 13.9. The quantitative estimate of drug-likeness (QED) is 0.623. The zero-order chi connectivity index (χ0) is 17.1. The van der Waals surface area contributed by atoms with E-state index in [-0.39, 0.29) is 18.3 Å². The van der Waals surface area contributed by atoms with Crippen molar-refractivity contribution in [1.82, 2.24) is 5.16 Å². The molecule has 1 aromatic heterocycles. The van der Waals surface area contributed by atoms with E-state index < -0.39 is 0 Å². The van der Waals surface area contributed by atoms with Gasteiger partial charge in [-0.3, -0.25) is 9.59 Å². The monoisotopic (exact) mass is 328 g/mol. The van der Waals surface area contributed by atoms with Crippen LogP contribution in [0.1, 0.15) is 36.3 Å². The number of ether oxygens (including phenoxy) is 1. The highest BCUT2D eigenvalue weighted by Gasteiger charge is 2.21. The molecule has 0 N–H and O–H groups in total. The highest BCUT2D eigenvalue weighted by molar-refractivity contribution is 5.95. The predicted octanol–water partition coefficient (Wildman–Crippen LogP) is 2.96. The molecule has 1 aromatic carbocycles. The summed E-state index contributed by atoms with van der Waals surface area (Å²) in [7, 11) is 0. The number of hydrogen-bond donors (Lipinski definition) is 0. The number of anilines is 1. The van der Waals surface area contributed by atoms with Crippen LogP contribution in [0.3, 0.4) is 0 Å². The summed E-state index contributed by atoms with van der Waals surface area (Å²) in [6.45, 7) is 4.43. The molecule has 1 aliphatic rings. The van der Waals surface area contributed by atoms with Crippen molar-refractivity contribution >= 4 is 17.6 Å². The molecule has 2 aromatic rings. The van der Waals surface area contributed by atoms with Gasteiger partial charge >= 0.3 is 5.97 Å². The molecule has 1 saturated heterocycles. The molecule has 1 aliphatic heterocycles. The maximum absolute atomic E-state index is 12.0. The van der Waals surface area contributed by atoms with E-state index in [1.807, 2.05) is 13.8 Å². The summed E-state index contributed by atoms with van der Waals surface area (Å²) in [6.07, 6.45) is 2.28. The Kier molecular flexibility index (Phi) is 4.64. The fraction of sp³-hybridized carbons (Fsp3) is 0.389. The number of amides is 1. The highest BCUT2D eigenvalue weighted by Crippen LogP contribution is 2.24. The Morgan fingerprint density at radius 3 is 2.62 bits per heavy atom. The largest absolute Gasteiger partial charge is 0.427 e. The number of carbonyl (C=O) groups excluding carboxylic acids is 2. The maximum Gasteiger partial charge on any atom is 0.311 e. The number of carbonyl (C=O) groups is 2. The van der Waals surface area contributed by atoms with Gasteiger partial charge in [-0.1, -0.05) is 5.16 Å². The molecule has 0 aliphatic carbocycles. The summed E-state index contributed by atoms with van der Waals surface area (Å²) < 4.78 is 10.4. The molecular weight excluding hydrogens is 308 g/mol. The van der Waals surface area contributed by atoms with Gasteiger partial charge in [-0.05, 0) is 51.0 Å². The van der Waals surface area contributed by atoms with E-state index in [1.165, 1.54) is 0 Å². The fourth-order valence-corrected chi connectivity index (χ4v) is 2.88. The van der Waals surface area contributed by atoms with Crippen molar-refractivity contribution < 1.29 is 18.8 Å². The smallest absolute Gasteiger partial charge is 0.311 e. The minimum absolute atomic E-state index is 0.138. The lowest BCUT2D eigenvalue weighted by molar-refractivity contribution is -0.134. The molecule has 0 bridgehead atoms. The first-order valence-corrected chi connectivity index (χ1v) is 8.07. The Bertz CT molecular complexity index is 729. The second kappa shape index (κ2) is 6.86. The Labute approximate surface area is 140 Å². The van der Waals surface area contributed by atoms with Gasteiger partial charge < -0.3 is 14.2 Å². The highest BCUT2D eigenvalue weighted by atomic mass is 16.5. The molecular formula is C18H20N2O4. The minimum Gasteiger partial charge on any atom is -0.427 e. The van der Waals surface area contributed by atoms with Gasteiger partial charge in [0.05, 0.1) is 12.1 Å². The van der Waals surface area contributed by atoms with Crippen LogP contribution in [-0.4, -0.2) is 23.6 Å². The first kappa shape index (κ1) is 16.2. The van der Waals surface area contributed by atoms with Crippen LogP contribution in [0.5, 0.6) is 5.75 Å². The van der Waals surface area contributed by atoms with E-state index in [1.54, 1.807) is 29.2 Å². The van der Waals surface area contributed by atoms with Gasteiger partial charge in [0.1, 0.15) is 11.5 Å². The SMILES string of the molecule is Cc1noc(C)c1CCC(=O)Oc1ccc(N2CCCC2=O)cc1. The van der Waals surface area contributed by atoms with E-state index in [4.69, 9.17) is 9.26 Å². The molecule has 0 spiro atoms. The van der Waals surface area contributed by atoms with E-state index in [0.29, 0.717) is 18.6 Å². The summed E-state index contributed by atoms with van der Waals surface area (Å²) in [5.74, 6) is 1.05. The van der Waals surface area contributed by atoms with Gasteiger partial charge in [-0.2, -0.15) is 0 Å². The number of esters is 1. The Hall–Kier alpha value is -2.63. The molecule has 24 heavy (non-hydrogen) atoms. The standard InChI is InChI=1S/C18H20N2O4/c1-12-16(13(2)24-19-12)9-10-18(22)23-15-7-5-14(6-8-15)20-11-3-4-17(20)21/h5-8H,3-4,9-11H2,1-2H3. The van der Waals surface area contributed by atoms with Gasteiger partial charge in [-0.25, -0.2) is 0 Å². The summed E-state index contributed by atoms with van der Waals surface area (Å²) >= 11 is 0. The second-order valence-corrected chi connectivity index (χ2v) is 5.92. The molecule has 1 amide bonds. The van der Waals surface area contributed by atoms with Gasteiger partial charge in [0.15, 0.2) is 0 Å². The van der Waals surface area contributed by atoms with Crippen LogP contribution in [0.2, 0.25) is 0 Å². The summed E-state index contributed by atoms with van der Waals surface area (Å²) in [5, 5.41) is 3.87. The molecule has 6 heteroatoms. The number of hydrogen-bond acceptors (Lipinski definition) is 5. The number of benzene rings is 1. The van der Waals surface area contributed by atoms with Gasteiger partial charge in [-0.15, -0.1) is 0 Å². The number of rotatable bonds is 5. The molecule has 126 valence electrons. The summed E-state index contributed by atoms with van der Waals surface area (Å²) in [4.78, 5) is 25.5. The van der Waals surface area contributed by atoms with Crippen LogP contribution >= 0.6 is 0 Å². The molecule has 0 unspecified atom stereocenters. The number of nitrogens with zero attached hydrogens (tertiary/aromatic N) is 2. The lowest BCUT2D eigenvalue weighted by Gasteiger charge is -2.15. The fourth-order valence-electron chi connectivity index (χ4n) is 2.88. The average molecular weight is 328 g/mol. The molecule has 2 heterocycles. The van der Waals surface area contributed by atoms with Gasteiger partial charge in [0.25, 0.3) is 0 Å². The van der Waals surface area contributed by atoms with Crippen LogP contribution in [0.25, 0.3) is 0 Å². The van der Waals surface area contributed by atoms with Crippen LogP contribution in [0.4, 0.5) is 5.69 Å². The third kappa shape index (κ3) is 3.48. The predicted molar refractivity (Wildman–Crippen MR) is 88.0 cm³/mol. The summed E-state index contributed by atoms with van der Waals surface area (Å²) in [6, 6.07) is 7.05. The average Bonchev–Trinajstić information content (AvgIpc) is 3.12. The van der Waals surface area contributed by atoms with E-state index in [0.717, 1.165) is 35.7 Å². The van der Waals surface area contributed by atoms with Gasteiger partial charge in [0.2, 0.25) is 5.91 Å². The Balaban J connectivity index is 1.56. The third-order valence-electron chi connectivity index (χ3n) is 4.21. The zero-order valence-electron chi connectivity index (χ0n) is 13.9. The van der Waals surface area contributed by atoms with Crippen molar-refractivity contribution in [2.45, 2.75) is 39.5 Å². The van der Waals surface area contributed by atoms with Crippen LogP contribution < -0.4 is 9.64 Å². The van der Waals surface area contributed by atoms with E-state index >= 15 is 0 Å². The normalized spacial score (nSPS) is 14.2. The van der Waals surface area contributed by atoms with Crippen molar-refractivity contribution in [3.8, 4) is 5.75 Å². The molecule has 6 nitrogen and oxygen atoms in total. The van der Waals surface area contributed by atoms with Crippen LogP contribution in [-0.2, 0) is 16.0 Å². The minimum atomic E-state index is -0.306. The van der Waals surface area contributed by atoms with E-state index in [2.05, 4.69) is 5.16 Å². The second-order valence-electron chi connectivity index (χ2n) is 5.92. The van der Waals surface area contributed by atoms with Crippen molar-refractivity contribution in [1.29, 1.82) is 0 Å². The van der Waals surface area contributed by atoms with Crippen LogP contribution in [0.15, 0.2) is 28.8 Å². The van der Waals surface area contributed by atoms with Crippen LogP contribution in [0, 0.1) is 13.8 Å². The number of aromatic nitrogens is 1. The Morgan fingerprint density at radius 1 is 1.29 bits per heavy atom. The third-order valence-corrected chi connectivity index (χ3v) is 4.21. The number of aryl methyl sites for hydroxylation is 2. The van der Waals surface area contributed by atoms with Crippen molar-refractivity contribution in [2.24, 2.45) is 0 Å². The first-order valence-electron chi connectivity index (χ1n) is 8.07. The van der Waals surface area contributed by atoms with E-state index in [9.17, 15) is 9.59 Å². The summed E-state index contributed by atoms with van der Waals surface area (Å²) in [5.41, 5.74) is 2.60. The van der Waals surface area contributed by atoms with Gasteiger partial charge in [0, 0.05) is 24.2 Å². The van der Waals surface area contributed by atoms with Crippen molar-refractivity contribution in [3.63, 3.8) is 0 Å². The molecule has 3 rings (SSSR count). The molecule has 0 saturated carbocycles. The van der Waals surface area contributed by atoms with Crippen molar-refractivity contribution in [3.05, 3.63) is 41.3 Å². The lowest BCUT2D eigenvalue weighted by atomic mass is 10.1. The maximum atomic E-state index is 12.0. The first-order chi connectivity index (χ1) is 11.5. The molecule has 0 atom stereocenters. The molecule has 0 radical (unpaired) electrons. The molecule has 1 fully saturated rings. The van der Waals surface area contributed by atoms with Crippen molar-refractivity contribution in [2.75, 3.05) is 11.4 Å². The lowest BCUT2D eigenvalue weighted by Crippen LogP contribution is -2.23.